The van der Waals surface area contributed by atoms with E-state index in [2.05, 4.69) is 4.74 Å². The van der Waals surface area contributed by atoms with Gasteiger partial charge in [0.15, 0.2) is 5.82 Å². The fourth-order valence-corrected chi connectivity index (χ4v) is 1.35. The maximum absolute atomic E-state index is 13.4. The van der Waals surface area contributed by atoms with Crippen molar-refractivity contribution in [1.82, 2.24) is 0 Å². The molecule has 0 unspecified atom stereocenters. The van der Waals surface area contributed by atoms with Crippen molar-refractivity contribution in [1.29, 1.82) is 0 Å². The minimum absolute atomic E-state index is 0.165. The Morgan fingerprint density at radius 2 is 2.00 bits per heavy atom. The highest BCUT2D eigenvalue weighted by Gasteiger charge is 2.38. The summed E-state index contributed by atoms with van der Waals surface area (Å²) in [6.07, 6.45) is -4.85. The maximum Gasteiger partial charge on any atom is 0.417 e. The molecule has 2 nitrogen and oxygen atoms in total. The van der Waals surface area contributed by atoms with Crippen LogP contribution < -0.4 is 0 Å². The van der Waals surface area contributed by atoms with Crippen LogP contribution in [-0.4, -0.2) is 12.6 Å². The zero-order valence-electron chi connectivity index (χ0n) is 8.57. The van der Waals surface area contributed by atoms with Gasteiger partial charge in [-0.25, -0.2) is 9.18 Å². The van der Waals surface area contributed by atoms with Gasteiger partial charge in [-0.2, -0.15) is 13.2 Å². The van der Waals surface area contributed by atoms with Crippen LogP contribution in [0.3, 0.4) is 0 Å². The summed E-state index contributed by atoms with van der Waals surface area (Å²) in [5, 5.41) is -0.568. The first-order valence-electron chi connectivity index (χ1n) is 4.51. The molecule has 0 aliphatic carbocycles. The normalized spacial score (nSPS) is 11.4. The molecule has 0 fully saturated rings. The Morgan fingerprint density at radius 1 is 1.41 bits per heavy atom. The number of esters is 1. The number of ether oxygens (including phenoxy) is 1. The molecule has 1 aromatic rings. The lowest BCUT2D eigenvalue weighted by atomic mass is 10.1. The van der Waals surface area contributed by atoms with Crippen LogP contribution in [0.1, 0.15) is 22.8 Å². The van der Waals surface area contributed by atoms with Crippen LogP contribution in [0.25, 0.3) is 0 Å². The average molecular weight is 271 g/mol. The van der Waals surface area contributed by atoms with Gasteiger partial charge in [-0.05, 0) is 19.1 Å². The molecule has 0 aromatic heterocycles. The first-order chi connectivity index (χ1) is 7.79. The molecular formula is C10H7ClF4O2. The van der Waals surface area contributed by atoms with E-state index >= 15 is 0 Å². The van der Waals surface area contributed by atoms with Crippen LogP contribution in [0, 0.1) is 5.82 Å². The number of benzene rings is 1. The van der Waals surface area contributed by atoms with Crippen molar-refractivity contribution >= 4 is 17.6 Å². The van der Waals surface area contributed by atoms with E-state index in [1.807, 2.05) is 0 Å². The van der Waals surface area contributed by atoms with Crippen LogP contribution in [-0.2, 0) is 10.9 Å². The molecule has 0 atom stereocenters. The highest BCUT2D eigenvalue weighted by atomic mass is 35.5. The standard InChI is InChI=1S/C10H7ClF4O2/c1-2-17-9(16)7-5(10(13,14)15)3-4-6(11)8(7)12/h3-4H,2H2,1H3. The molecule has 0 bridgehead atoms. The molecule has 17 heavy (non-hydrogen) atoms. The van der Waals surface area contributed by atoms with Crippen molar-refractivity contribution in [2.45, 2.75) is 13.1 Å². The summed E-state index contributed by atoms with van der Waals surface area (Å²) in [4.78, 5) is 11.3. The number of hydrogen-bond acceptors (Lipinski definition) is 2. The number of alkyl halides is 3. The minimum Gasteiger partial charge on any atom is -0.462 e. The van der Waals surface area contributed by atoms with E-state index < -0.39 is 34.1 Å². The summed E-state index contributed by atoms with van der Waals surface area (Å²) < 4.78 is 55.4. The lowest BCUT2D eigenvalue weighted by molar-refractivity contribution is -0.138. The Bertz CT molecular complexity index is 443. The molecule has 0 spiro atoms. The third kappa shape index (κ3) is 2.88. The predicted octanol–water partition coefficient (Wildman–Crippen LogP) is 3.67. The second-order valence-electron chi connectivity index (χ2n) is 3.00. The van der Waals surface area contributed by atoms with Crippen molar-refractivity contribution in [3.05, 3.63) is 34.1 Å². The van der Waals surface area contributed by atoms with Crippen molar-refractivity contribution in [2.24, 2.45) is 0 Å². The molecule has 0 N–H and O–H groups in total. The highest BCUT2D eigenvalue weighted by Crippen LogP contribution is 2.35. The SMILES string of the molecule is CCOC(=O)c1c(C(F)(F)F)ccc(Cl)c1F. The van der Waals surface area contributed by atoms with E-state index in [-0.39, 0.29) is 6.61 Å². The van der Waals surface area contributed by atoms with Gasteiger partial charge in [0.1, 0.15) is 5.56 Å². The van der Waals surface area contributed by atoms with Crippen LogP contribution in [0.15, 0.2) is 12.1 Å². The smallest absolute Gasteiger partial charge is 0.417 e. The van der Waals surface area contributed by atoms with Crippen LogP contribution in [0.4, 0.5) is 17.6 Å². The van der Waals surface area contributed by atoms with E-state index in [9.17, 15) is 22.4 Å². The lowest BCUT2D eigenvalue weighted by Crippen LogP contribution is -2.17. The zero-order chi connectivity index (χ0) is 13.2. The molecule has 0 heterocycles. The van der Waals surface area contributed by atoms with E-state index in [0.29, 0.717) is 6.07 Å². The Balaban J connectivity index is 3.42. The minimum atomic E-state index is -4.85. The zero-order valence-corrected chi connectivity index (χ0v) is 9.32. The molecule has 0 amide bonds. The largest absolute Gasteiger partial charge is 0.462 e. The quantitative estimate of drug-likeness (QED) is 0.605. The number of carbonyl (C=O) groups excluding carboxylic acids is 1. The lowest BCUT2D eigenvalue weighted by Gasteiger charge is -2.13. The molecule has 0 aliphatic rings. The molecule has 0 radical (unpaired) electrons. The number of carbonyl (C=O) groups is 1. The van der Waals surface area contributed by atoms with Crippen molar-refractivity contribution in [2.75, 3.05) is 6.61 Å². The second kappa shape index (κ2) is 4.91. The van der Waals surface area contributed by atoms with Gasteiger partial charge in [0, 0.05) is 0 Å². The third-order valence-corrected chi connectivity index (χ3v) is 2.17. The summed E-state index contributed by atoms with van der Waals surface area (Å²) in [6.45, 7) is 1.23. The van der Waals surface area contributed by atoms with E-state index in [1.54, 1.807) is 0 Å². The summed E-state index contributed by atoms with van der Waals surface area (Å²) in [5.41, 5.74) is -2.59. The first-order valence-corrected chi connectivity index (χ1v) is 4.89. The number of hydrogen-bond donors (Lipinski definition) is 0. The summed E-state index contributed by atoms with van der Waals surface area (Å²) in [6, 6.07) is 1.28. The average Bonchev–Trinajstić information content (AvgIpc) is 2.20. The third-order valence-electron chi connectivity index (χ3n) is 1.88. The maximum atomic E-state index is 13.4. The van der Waals surface area contributed by atoms with Gasteiger partial charge in [0.25, 0.3) is 0 Å². The summed E-state index contributed by atoms with van der Waals surface area (Å²) >= 11 is 5.33. The van der Waals surface area contributed by atoms with Gasteiger partial charge in [0.05, 0.1) is 17.2 Å². The fraction of sp³-hybridized carbons (Fsp3) is 0.300. The molecule has 1 rings (SSSR count). The Labute approximate surface area is 99.1 Å². The van der Waals surface area contributed by atoms with Crippen molar-refractivity contribution < 1.29 is 27.1 Å². The van der Waals surface area contributed by atoms with E-state index in [0.717, 1.165) is 6.07 Å². The molecule has 0 aliphatic heterocycles. The molecule has 1 aromatic carbocycles. The van der Waals surface area contributed by atoms with Crippen LogP contribution in [0.5, 0.6) is 0 Å². The van der Waals surface area contributed by atoms with E-state index in [4.69, 9.17) is 11.6 Å². The molecule has 94 valence electrons. The first kappa shape index (κ1) is 13.8. The van der Waals surface area contributed by atoms with Crippen molar-refractivity contribution in [3.63, 3.8) is 0 Å². The number of halogens is 5. The Hall–Kier alpha value is -1.30. The summed E-state index contributed by atoms with van der Waals surface area (Å²) in [7, 11) is 0. The molecule has 0 saturated carbocycles. The van der Waals surface area contributed by atoms with Gasteiger partial charge in [-0.15, -0.1) is 0 Å². The van der Waals surface area contributed by atoms with Gasteiger partial charge >= 0.3 is 12.1 Å². The summed E-state index contributed by atoms with van der Waals surface area (Å²) in [5.74, 6) is -2.82. The van der Waals surface area contributed by atoms with Gasteiger partial charge in [-0.3, -0.25) is 0 Å². The topological polar surface area (TPSA) is 26.3 Å². The van der Waals surface area contributed by atoms with Crippen LogP contribution in [0.2, 0.25) is 5.02 Å². The fourth-order valence-electron chi connectivity index (χ4n) is 1.19. The van der Waals surface area contributed by atoms with Crippen molar-refractivity contribution in [3.8, 4) is 0 Å². The second-order valence-corrected chi connectivity index (χ2v) is 3.41. The van der Waals surface area contributed by atoms with E-state index in [1.165, 1.54) is 6.92 Å². The number of rotatable bonds is 2. The Morgan fingerprint density at radius 3 is 2.47 bits per heavy atom. The van der Waals surface area contributed by atoms with Gasteiger partial charge < -0.3 is 4.74 Å². The van der Waals surface area contributed by atoms with Gasteiger partial charge in [-0.1, -0.05) is 11.6 Å². The Kier molecular flexibility index (Phi) is 3.98. The molecular weight excluding hydrogens is 264 g/mol. The molecule has 7 heteroatoms. The van der Waals surface area contributed by atoms with Crippen LogP contribution >= 0.6 is 11.6 Å². The molecule has 0 saturated heterocycles. The highest BCUT2D eigenvalue weighted by molar-refractivity contribution is 6.31. The monoisotopic (exact) mass is 270 g/mol. The predicted molar refractivity (Wildman–Crippen MR) is 52.4 cm³/mol. The van der Waals surface area contributed by atoms with Gasteiger partial charge in [0.2, 0.25) is 0 Å².